The Balaban J connectivity index is 1.32. The number of nitrogens with zero attached hydrogens (tertiary/aromatic N) is 3. The number of urea groups is 1. The minimum Gasteiger partial charge on any atom is -0.459 e. The Kier molecular flexibility index (Phi) is 4.61. The van der Waals surface area contributed by atoms with Crippen molar-refractivity contribution in [1.82, 2.24) is 15.0 Å². The molecule has 0 spiro atoms. The first-order valence-corrected chi connectivity index (χ1v) is 8.61. The van der Waals surface area contributed by atoms with Gasteiger partial charge in [0, 0.05) is 37.8 Å². The van der Waals surface area contributed by atoms with Crippen LogP contribution in [-0.2, 0) is 0 Å². The Morgan fingerprint density at radius 2 is 1.70 bits per heavy atom. The summed E-state index contributed by atoms with van der Waals surface area (Å²) in [7, 11) is 0. The topological polar surface area (TPSA) is 91.8 Å². The molecule has 3 amide bonds. The van der Waals surface area contributed by atoms with Crippen molar-refractivity contribution < 1.29 is 18.5 Å². The zero-order valence-corrected chi connectivity index (χ0v) is 14.5. The fourth-order valence-corrected chi connectivity index (χ4v) is 2.93. The summed E-state index contributed by atoms with van der Waals surface area (Å²) in [5, 5.41) is 6.63. The Labute approximate surface area is 155 Å². The quantitative estimate of drug-likeness (QED) is 0.769. The molecule has 3 heterocycles. The SMILES string of the molecule is O=C(Nc1cc(-c2ccccc2)on1)N1CCN(C(=O)c2ccco2)CC1. The lowest BCUT2D eigenvalue weighted by atomic mass is 10.2. The molecule has 0 atom stereocenters. The Bertz CT molecular complexity index is 912. The average molecular weight is 366 g/mol. The van der Waals surface area contributed by atoms with Gasteiger partial charge >= 0.3 is 6.03 Å². The maximum absolute atomic E-state index is 12.4. The second-order valence-corrected chi connectivity index (χ2v) is 6.13. The van der Waals surface area contributed by atoms with Gasteiger partial charge in [-0.1, -0.05) is 35.5 Å². The summed E-state index contributed by atoms with van der Waals surface area (Å²) in [5.41, 5.74) is 0.885. The first kappa shape index (κ1) is 16.9. The molecule has 8 heteroatoms. The summed E-state index contributed by atoms with van der Waals surface area (Å²) in [5.74, 6) is 1.08. The van der Waals surface area contributed by atoms with Gasteiger partial charge in [-0.15, -0.1) is 0 Å². The van der Waals surface area contributed by atoms with E-state index in [9.17, 15) is 9.59 Å². The molecule has 0 radical (unpaired) electrons. The fourth-order valence-electron chi connectivity index (χ4n) is 2.93. The lowest BCUT2D eigenvalue weighted by Crippen LogP contribution is -2.51. The summed E-state index contributed by atoms with van der Waals surface area (Å²) in [6.45, 7) is 1.76. The van der Waals surface area contributed by atoms with Crippen LogP contribution in [0.4, 0.5) is 10.6 Å². The molecule has 27 heavy (non-hydrogen) atoms. The fraction of sp³-hybridized carbons (Fsp3) is 0.211. The van der Waals surface area contributed by atoms with Crippen molar-refractivity contribution in [1.29, 1.82) is 0 Å². The molecule has 138 valence electrons. The lowest BCUT2D eigenvalue weighted by Gasteiger charge is -2.34. The number of piperazine rings is 1. The molecule has 3 aromatic rings. The predicted molar refractivity (Wildman–Crippen MR) is 97.1 cm³/mol. The van der Waals surface area contributed by atoms with E-state index in [1.165, 1.54) is 6.26 Å². The van der Waals surface area contributed by atoms with Gasteiger partial charge in [-0.25, -0.2) is 4.79 Å². The van der Waals surface area contributed by atoms with E-state index in [1.54, 1.807) is 28.0 Å². The number of anilines is 1. The summed E-state index contributed by atoms with van der Waals surface area (Å²) in [6, 6.07) is 14.3. The van der Waals surface area contributed by atoms with Gasteiger partial charge < -0.3 is 18.7 Å². The summed E-state index contributed by atoms with van der Waals surface area (Å²) < 4.78 is 10.4. The average Bonchev–Trinajstić information content (AvgIpc) is 3.40. The number of furan rings is 1. The van der Waals surface area contributed by atoms with Crippen LogP contribution < -0.4 is 5.32 Å². The third-order valence-electron chi connectivity index (χ3n) is 4.39. The number of benzene rings is 1. The van der Waals surface area contributed by atoms with Crippen molar-refractivity contribution in [3.8, 4) is 11.3 Å². The van der Waals surface area contributed by atoms with Gasteiger partial charge in [-0.2, -0.15) is 0 Å². The van der Waals surface area contributed by atoms with Crippen molar-refractivity contribution in [3.05, 3.63) is 60.6 Å². The molecule has 0 saturated carbocycles. The third kappa shape index (κ3) is 3.69. The normalized spacial score (nSPS) is 14.2. The Morgan fingerprint density at radius 3 is 2.41 bits per heavy atom. The van der Waals surface area contributed by atoms with Crippen LogP contribution in [0.3, 0.4) is 0 Å². The highest BCUT2D eigenvalue weighted by Crippen LogP contribution is 2.22. The van der Waals surface area contributed by atoms with E-state index in [0.717, 1.165) is 5.56 Å². The van der Waals surface area contributed by atoms with Crippen LogP contribution in [0.2, 0.25) is 0 Å². The second kappa shape index (κ2) is 7.36. The van der Waals surface area contributed by atoms with Crippen LogP contribution >= 0.6 is 0 Å². The number of rotatable bonds is 3. The van der Waals surface area contributed by atoms with Crippen LogP contribution in [-0.4, -0.2) is 53.1 Å². The monoisotopic (exact) mass is 366 g/mol. The summed E-state index contributed by atoms with van der Waals surface area (Å²) in [6.07, 6.45) is 1.47. The molecule has 1 aliphatic rings. The maximum Gasteiger partial charge on any atom is 0.323 e. The van der Waals surface area contributed by atoms with Crippen LogP contribution in [0.25, 0.3) is 11.3 Å². The van der Waals surface area contributed by atoms with E-state index in [4.69, 9.17) is 8.94 Å². The zero-order chi connectivity index (χ0) is 18.6. The van der Waals surface area contributed by atoms with E-state index in [1.807, 2.05) is 30.3 Å². The molecule has 1 aliphatic heterocycles. The molecule has 1 N–H and O–H groups in total. The van der Waals surface area contributed by atoms with Crippen molar-refractivity contribution in [2.45, 2.75) is 0 Å². The number of carbonyl (C=O) groups excluding carboxylic acids is 2. The summed E-state index contributed by atoms with van der Waals surface area (Å²) in [4.78, 5) is 28.0. The predicted octanol–water partition coefficient (Wildman–Crippen LogP) is 2.92. The first-order chi connectivity index (χ1) is 13.2. The zero-order valence-electron chi connectivity index (χ0n) is 14.5. The number of hydrogen-bond acceptors (Lipinski definition) is 5. The van der Waals surface area contributed by atoms with Gasteiger partial charge in [0.2, 0.25) is 0 Å². The molecule has 1 saturated heterocycles. The Morgan fingerprint density at radius 1 is 0.963 bits per heavy atom. The van der Waals surface area contributed by atoms with Crippen LogP contribution in [0.1, 0.15) is 10.6 Å². The van der Waals surface area contributed by atoms with Crippen molar-refractivity contribution in [2.75, 3.05) is 31.5 Å². The minimum atomic E-state index is -0.270. The number of amides is 3. The van der Waals surface area contributed by atoms with Crippen molar-refractivity contribution >= 4 is 17.8 Å². The summed E-state index contributed by atoms with van der Waals surface area (Å²) >= 11 is 0. The molecule has 0 bridgehead atoms. The van der Waals surface area contributed by atoms with E-state index in [2.05, 4.69) is 10.5 Å². The van der Waals surface area contributed by atoms with Crippen LogP contribution in [0.15, 0.2) is 63.7 Å². The molecule has 4 rings (SSSR count). The Hall–Kier alpha value is -3.55. The lowest BCUT2D eigenvalue weighted by molar-refractivity contribution is 0.0640. The molecule has 1 fully saturated rings. The van der Waals surface area contributed by atoms with Gasteiger partial charge in [0.15, 0.2) is 17.3 Å². The number of carbonyl (C=O) groups is 2. The van der Waals surface area contributed by atoms with Gasteiger partial charge in [-0.3, -0.25) is 10.1 Å². The van der Waals surface area contributed by atoms with Crippen LogP contribution in [0, 0.1) is 0 Å². The van der Waals surface area contributed by atoms with Crippen molar-refractivity contribution in [2.24, 2.45) is 0 Å². The van der Waals surface area contributed by atoms with Gasteiger partial charge in [0.1, 0.15) is 0 Å². The number of nitrogens with one attached hydrogen (secondary N) is 1. The van der Waals surface area contributed by atoms with Crippen LogP contribution in [0.5, 0.6) is 0 Å². The highest BCUT2D eigenvalue weighted by atomic mass is 16.5. The molecule has 8 nitrogen and oxygen atoms in total. The smallest absolute Gasteiger partial charge is 0.323 e. The molecule has 0 aliphatic carbocycles. The van der Waals surface area contributed by atoms with E-state index >= 15 is 0 Å². The maximum atomic E-state index is 12.4. The molecule has 0 unspecified atom stereocenters. The van der Waals surface area contributed by atoms with Gasteiger partial charge in [0.25, 0.3) is 5.91 Å². The molecular weight excluding hydrogens is 348 g/mol. The highest BCUT2D eigenvalue weighted by molar-refractivity contribution is 5.92. The first-order valence-electron chi connectivity index (χ1n) is 8.61. The van der Waals surface area contributed by atoms with E-state index in [0.29, 0.717) is 43.5 Å². The second-order valence-electron chi connectivity index (χ2n) is 6.13. The van der Waals surface area contributed by atoms with Gasteiger partial charge in [-0.05, 0) is 12.1 Å². The highest BCUT2D eigenvalue weighted by Gasteiger charge is 2.26. The standard InChI is InChI=1S/C19H18N4O4/c24-18(15-7-4-12-26-15)22-8-10-23(11-9-22)19(25)20-17-13-16(27-21-17)14-5-2-1-3-6-14/h1-7,12-13H,8-11H2,(H,20,21,25). The van der Waals surface area contributed by atoms with Crippen molar-refractivity contribution in [3.63, 3.8) is 0 Å². The van der Waals surface area contributed by atoms with E-state index in [-0.39, 0.29) is 11.9 Å². The molecular formula is C19H18N4O4. The minimum absolute atomic E-state index is 0.163. The molecule has 1 aromatic carbocycles. The number of hydrogen-bond donors (Lipinski definition) is 1. The van der Waals surface area contributed by atoms with Gasteiger partial charge in [0.05, 0.1) is 6.26 Å². The largest absolute Gasteiger partial charge is 0.459 e. The number of aromatic nitrogens is 1. The molecule has 2 aromatic heterocycles. The van der Waals surface area contributed by atoms with E-state index < -0.39 is 0 Å². The third-order valence-corrected chi connectivity index (χ3v) is 4.39.